The van der Waals surface area contributed by atoms with Crippen LogP contribution in [0.5, 0.6) is 0 Å². The lowest BCUT2D eigenvalue weighted by Crippen LogP contribution is -2.55. The van der Waals surface area contributed by atoms with Crippen LogP contribution in [0.3, 0.4) is 0 Å². The van der Waals surface area contributed by atoms with Gasteiger partial charge in [0.2, 0.25) is 0 Å². The number of carbonyl (C=O) groups excluding carboxylic acids is 2. The van der Waals surface area contributed by atoms with E-state index in [4.69, 9.17) is 4.74 Å². The highest BCUT2D eigenvalue weighted by Gasteiger charge is 2.61. The minimum absolute atomic E-state index is 0.0763. The number of ether oxygens (including phenoxy) is 1. The molecule has 0 radical (unpaired) electrons. The average molecular weight is 484 g/mol. The van der Waals surface area contributed by atoms with Gasteiger partial charge in [0.25, 0.3) is 5.91 Å². The van der Waals surface area contributed by atoms with Crippen molar-refractivity contribution in [2.24, 2.45) is 11.8 Å². The van der Waals surface area contributed by atoms with E-state index in [1.54, 1.807) is 17.5 Å². The molecule has 1 aromatic carbocycles. The Bertz CT molecular complexity index is 1020. The zero-order valence-corrected chi connectivity index (χ0v) is 19.1. The van der Waals surface area contributed by atoms with Crippen LogP contribution in [-0.2, 0) is 20.5 Å². The highest BCUT2D eigenvalue weighted by Crippen LogP contribution is 2.51. The molecule has 1 aromatic heterocycles. The van der Waals surface area contributed by atoms with Crippen LogP contribution in [0.25, 0.3) is 0 Å². The van der Waals surface area contributed by atoms with Gasteiger partial charge in [-0.2, -0.15) is 13.2 Å². The molecule has 0 saturated carbocycles. The first kappa shape index (κ1) is 24.8. The molecule has 0 spiro atoms. The summed E-state index contributed by atoms with van der Waals surface area (Å²) in [6.45, 7) is 3.67. The number of rotatable bonds is 6. The number of aliphatic carboxylic acids is 1. The summed E-state index contributed by atoms with van der Waals surface area (Å²) in [5.74, 6) is -3.85. The number of carboxylic acid groups (broad SMARTS) is 1. The van der Waals surface area contributed by atoms with E-state index in [-0.39, 0.29) is 24.3 Å². The summed E-state index contributed by atoms with van der Waals surface area (Å²) >= 11 is 1.24. The van der Waals surface area contributed by atoms with Gasteiger partial charge in [-0.3, -0.25) is 9.59 Å². The summed E-state index contributed by atoms with van der Waals surface area (Å²) in [6, 6.07) is 6.09. The van der Waals surface area contributed by atoms with E-state index in [9.17, 15) is 32.7 Å². The Hall–Kier alpha value is -2.88. The third-order valence-corrected chi connectivity index (χ3v) is 6.76. The van der Waals surface area contributed by atoms with Crippen molar-refractivity contribution >= 4 is 29.2 Å². The number of esters is 1. The van der Waals surface area contributed by atoms with Crippen LogP contribution >= 0.6 is 11.3 Å². The van der Waals surface area contributed by atoms with Crippen LogP contribution in [0.2, 0.25) is 0 Å². The maximum Gasteiger partial charge on any atom is 0.416 e. The van der Waals surface area contributed by atoms with E-state index in [1.165, 1.54) is 23.3 Å². The van der Waals surface area contributed by atoms with Gasteiger partial charge in [0.1, 0.15) is 5.54 Å². The van der Waals surface area contributed by atoms with Crippen LogP contribution < -0.4 is 0 Å². The Labute approximate surface area is 193 Å². The Morgan fingerprint density at radius 1 is 1.21 bits per heavy atom. The molecule has 1 aliphatic rings. The van der Waals surface area contributed by atoms with E-state index in [1.807, 2.05) is 13.8 Å². The van der Waals surface area contributed by atoms with Gasteiger partial charge in [0.05, 0.1) is 24.6 Å². The fourth-order valence-electron chi connectivity index (χ4n) is 4.60. The second kappa shape index (κ2) is 9.17. The van der Waals surface area contributed by atoms with Crippen molar-refractivity contribution in [3.63, 3.8) is 0 Å². The fraction of sp³-hybridized carbons (Fsp3) is 0.435. The lowest BCUT2D eigenvalue weighted by atomic mass is 9.83. The number of carboxylic acids is 1. The molecule has 1 N–H and O–H groups in total. The summed E-state index contributed by atoms with van der Waals surface area (Å²) in [5, 5.41) is 11.7. The number of halogens is 3. The summed E-state index contributed by atoms with van der Waals surface area (Å²) in [5.41, 5.74) is -2.58. The molecule has 33 heavy (non-hydrogen) atoms. The summed E-state index contributed by atoms with van der Waals surface area (Å²) in [6.07, 6.45) is -4.60. The van der Waals surface area contributed by atoms with E-state index < -0.39 is 47.1 Å². The predicted octanol–water partition coefficient (Wildman–Crippen LogP) is 5.01. The minimum Gasteiger partial charge on any atom is -0.481 e. The molecule has 3 atom stereocenters. The predicted molar refractivity (Wildman–Crippen MR) is 115 cm³/mol. The van der Waals surface area contributed by atoms with Crippen molar-refractivity contribution in [3.8, 4) is 0 Å². The Morgan fingerprint density at radius 2 is 1.85 bits per heavy atom. The molecule has 1 saturated heterocycles. The number of carbonyl (C=O) groups is 3. The van der Waals surface area contributed by atoms with Crippen LogP contribution in [-0.4, -0.2) is 40.5 Å². The topological polar surface area (TPSA) is 83.9 Å². The zero-order valence-electron chi connectivity index (χ0n) is 18.3. The number of nitrogens with zero attached hydrogens (tertiary/aromatic N) is 1. The summed E-state index contributed by atoms with van der Waals surface area (Å²) in [7, 11) is 1.17. The molecule has 2 aromatic rings. The lowest BCUT2D eigenvalue weighted by molar-refractivity contribution is -0.154. The maximum absolute atomic E-state index is 13.7. The Kier molecular flexibility index (Phi) is 6.88. The van der Waals surface area contributed by atoms with Crippen molar-refractivity contribution in [1.29, 1.82) is 0 Å². The number of thiophene rings is 1. The van der Waals surface area contributed by atoms with E-state index in [0.717, 1.165) is 24.3 Å². The van der Waals surface area contributed by atoms with Crippen molar-refractivity contribution in [3.05, 3.63) is 57.8 Å². The summed E-state index contributed by atoms with van der Waals surface area (Å²) in [4.78, 5) is 40.9. The van der Waals surface area contributed by atoms with Crippen LogP contribution in [0.1, 0.15) is 53.5 Å². The number of likely N-dealkylation sites (tertiary alicyclic amines) is 1. The first-order valence-corrected chi connectivity index (χ1v) is 11.2. The standard InChI is InChI=1S/C23H24F3NO5S/c1-13(2)11-22(21(31)32-3)12-16(20(29)30)18(17-5-4-10-33-17)27(22)19(28)14-6-8-15(9-7-14)23(24,25)26/h4-10,13,16,18H,11-12H2,1-3H3,(H,29,30). The maximum atomic E-state index is 13.7. The van der Waals surface area contributed by atoms with Gasteiger partial charge in [0, 0.05) is 10.4 Å². The highest BCUT2D eigenvalue weighted by atomic mass is 32.1. The first-order chi connectivity index (χ1) is 15.4. The molecule has 0 aliphatic carbocycles. The van der Waals surface area contributed by atoms with Crippen molar-refractivity contribution in [2.75, 3.05) is 7.11 Å². The Morgan fingerprint density at radius 3 is 2.30 bits per heavy atom. The third kappa shape index (κ3) is 4.62. The van der Waals surface area contributed by atoms with Gasteiger partial charge in [-0.25, -0.2) is 4.79 Å². The van der Waals surface area contributed by atoms with Crippen LogP contribution in [0.15, 0.2) is 41.8 Å². The van der Waals surface area contributed by atoms with E-state index in [0.29, 0.717) is 4.88 Å². The molecule has 0 bridgehead atoms. The molecule has 178 valence electrons. The molecule has 3 unspecified atom stereocenters. The number of amides is 1. The van der Waals surface area contributed by atoms with Gasteiger partial charge in [-0.1, -0.05) is 19.9 Å². The largest absolute Gasteiger partial charge is 0.481 e. The van der Waals surface area contributed by atoms with E-state index >= 15 is 0 Å². The van der Waals surface area contributed by atoms with Gasteiger partial charge >= 0.3 is 18.1 Å². The normalized spacial score (nSPS) is 23.1. The van der Waals surface area contributed by atoms with E-state index in [2.05, 4.69) is 0 Å². The SMILES string of the molecule is COC(=O)C1(CC(C)C)CC(C(=O)O)C(c2cccs2)N1C(=O)c1ccc(C(F)(F)F)cc1. The molecule has 10 heteroatoms. The quantitative estimate of drug-likeness (QED) is 0.584. The summed E-state index contributed by atoms with van der Waals surface area (Å²) < 4.78 is 44.1. The lowest BCUT2D eigenvalue weighted by Gasteiger charge is -2.39. The van der Waals surface area contributed by atoms with Crippen LogP contribution in [0.4, 0.5) is 13.2 Å². The zero-order chi connectivity index (χ0) is 24.6. The monoisotopic (exact) mass is 483 g/mol. The van der Waals surface area contributed by atoms with Crippen molar-refractivity contribution in [1.82, 2.24) is 4.90 Å². The molecule has 1 amide bonds. The average Bonchev–Trinajstić information content (AvgIpc) is 3.38. The van der Waals surface area contributed by atoms with Crippen LogP contribution in [0, 0.1) is 11.8 Å². The molecule has 1 aliphatic heterocycles. The number of alkyl halides is 3. The number of hydrogen-bond donors (Lipinski definition) is 1. The fourth-order valence-corrected chi connectivity index (χ4v) is 5.48. The molecular formula is C23H24F3NO5S. The molecule has 1 fully saturated rings. The first-order valence-electron chi connectivity index (χ1n) is 10.3. The second-order valence-electron chi connectivity index (χ2n) is 8.48. The number of benzene rings is 1. The smallest absolute Gasteiger partial charge is 0.416 e. The Balaban J connectivity index is 2.19. The van der Waals surface area contributed by atoms with Gasteiger partial charge < -0.3 is 14.7 Å². The number of hydrogen-bond acceptors (Lipinski definition) is 5. The second-order valence-corrected chi connectivity index (χ2v) is 9.46. The van der Waals surface area contributed by atoms with Crippen molar-refractivity contribution < 1.29 is 37.4 Å². The molecule has 2 heterocycles. The molecular weight excluding hydrogens is 459 g/mol. The molecule has 6 nitrogen and oxygen atoms in total. The number of methoxy groups -OCH3 is 1. The molecule has 3 rings (SSSR count). The minimum atomic E-state index is -4.57. The highest BCUT2D eigenvalue weighted by molar-refractivity contribution is 7.10. The van der Waals surface area contributed by atoms with Gasteiger partial charge in [-0.15, -0.1) is 11.3 Å². The van der Waals surface area contributed by atoms with Gasteiger partial charge in [-0.05, 0) is 54.5 Å². The van der Waals surface area contributed by atoms with Gasteiger partial charge in [0.15, 0.2) is 0 Å². The van der Waals surface area contributed by atoms with Crippen molar-refractivity contribution in [2.45, 2.75) is 44.4 Å². The third-order valence-electron chi connectivity index (χ3n) is 5.82.